The van der Waals surface area contributed by atoms with E-state index < -0.39 is 5.97 Å². The highest BCUT2D eigenvalue weighted by molar-refractivity contribution is 5.95. The summed E-state index contributed by atoms with van der Waals surface area (Å²) >= 11 is 0. The third-order valence-electron chi connectivity index (χ3n) is 3.41. The molecular weight excluding hydrogens is 280 g/mol. The fourth-order valence-electron chi connectivity index (χ4n) is 2.27. The number of benzene rings is 1. The second-order valence-corrected chi connectivity index (χ2v) is 4.93. The summed E-state index contributed by atoms with van der Waals surface area (Å²) in [5.41, 5.74) is 2.82. The average molecular weight is 296 g/mol. The summed E-state index contributed by atoms with van der Waals surface area (Å²) in [5, 5.41) is 0. The fraction of sp³-hybridized carbons (Fsp3) is 0.176. The molecule has 0 N–H and O–H groups in total. The van der Waals surface area contributed by atoms with E-state index in [4.69, 9.17) is 9.47 Å². The molecule has 2 heterocycles. The maximum Gasteiger partial charge on any atom is 0.341 e. The quantitative estimate of drug-likeness (QED) is 0.694. The zero-order valence-corrected chi connectivity index (χ0v) is 12.4. The van der Waals surface area contributed by atoms with Gasteiger partial charge in [0.15, 0.2) is 5.65 Å². The fourth-order valence-corrected chi connectivity index (χ4v) is 2.27. The number of pyridine rings is 1. The number of ether oxygens (including phenoxy) is 2. The first kappa shape index (κ1) is 14.1. The van der Waals surface area contributed by atoms with Crippen molar-refractivity contribution >= 4 is 11.6 Å². The summed E-state index contributed by atoms with van der Waals surface area (Å²) in [6.07, 6.45) is 3.69. The summed E-state index contributed by atoms with van der Waals surface area (Å²) in [6, 6.07) is 11.3. The van der Waals surface area contributed by atoms with E-state index in [1.807, 2.05) is 43.6 Å². The number of aryl methyl sites for hydroxylation is 1. The van der Waals surface area contributed by atoms with Gasteiger partial charge >= 0.3 is 5.97 Å². The SMILES string of the molecule is COC(=O)c1cccn2cc(COc3ccccc3C)nc12. The van der Waals surface area contributed by atoms with Crippen LogP contribution in [0.2, 0.25) is 0 Å². The van der Waals surface area contributed by atoms with Crippen LogP contribution in [0.3, 0.4) is 0 Å². The molecule has 0 spiro atoms. The zero-order valence-electron chi connectivity index (χ0n) is 12.4. The highest BCUT2D eigenvalue weighted by Crippen LogP contribution is 2.18. The van der Waals surface area contributed by atoms with Gasteiger partial charge in [-0.2, -0.15) is 0 Å². The molecule has 0 aliphatic heterocycles. The van der Waals surface area contributed by atoms with Gasteiger partial charge in [-0.05, 0) is 30.7 Å². The molecule has 0 saturated carbocycles. The first-order chi connectivity index (χ1) is 10.7. The van der Waals surface area contributed by atoms with E-state index in [0.29, 0.717) is 17.8 Å². The van der Waals surface area contributed by atoms with Crippen molar-refractivity contribution in [2.24, 2.45) is 0 Å². The minimum Gasteiger partial charge on any atom is -0.487 e. The van der Waals surface area contributed by atoms with Gasteiger partial charge in [0.05, 0.1) is 12.8 Å². The van der Waals surface area contributed by atoms with Gasteiger partial charge in [-0.3, -0.25) is 0 Å². The summed E-state index contributed by atoms with van der Waals surface area (Å²) in [5.74, 6) is 0.426. The van der Waals surface area contributed by atoms with Gasteiger partial charge in [-0.15, -0.1) is 0 Å². The van der Waals surface area contributed by atoms with Crippen LogP contribution in [0.5, 0.6) is 5.75 Å². The minimum absolute atomic E-state index is 0.340. The molecule has 0 fully saturated rings. The van der Waals surface area contributed by atoms with Crippen molar-refractivity contribution in [3.05, 3.63) is 65.6 Å². The van der Waals surface area contributed by atoms with E-state index in [0.717, 1.165) is 17.0 Å². The molecule has 0 aliphatic rings. The molecule has 5 heteroatoms. The molecule has 3 aromatic rings. The maximum atomic E-state index is 11.8. The van der Waals surface area contributed by atoms with E-state index in [1.165, 1.54) is 7.11 Å². The lowest BCUT2D eigenvalue weighted by molar-refractivity contribution is 0.0602. The Hall–Kier alpha value is -2.82. The van der Waals surface area contributed by atoms with Crippen LogP contribution in [-0.2, 0) is 11.3 Å². The Kier molecular flexibility index (Phi) is 3.78. The molecule has 0 aliphatic carbocycles. The first-order valence-electron chi connectivity index (χ1n) is 6.92. The number of carbonyl (C=O) groups excluding carboxylic acids is 1. The lowest BCUT2D eigenvalue weighted by Gasteiger charge is -2.06. The monoisotopic (exact) mass is 296 g/mol. The zero-order chi connectivity index (χ0) is 15.5. The van der Waals surface area contributed by atoms with Crippen molar-refractivity contribution in [1.29, 1.82) is 0 Å². The molecule has 0 amide bonds. The van der Waals surface area contributed by atoms with Gasteiger partial charge in [-0.1, -0.05) is 18.2 Å². The Labute approximate surface area is 128 Å². The summed E-state index contributed by atoms with van der Waals surface area (Å²) in [4.78, 5) is 16.2. The minimum atomic E-state index is -0.400. The number of nitrogens with zero attached hydrogens (tertiary/aromatic N) is 2. The number of aromatic nitrogens is 2. The van der Waals surface area contributed by atoms with E-state index >= 15 is 0 Å². The Bertz CT molecular complexity index is 824. The van der Waals surface area contributed by atoms with Crippen LogP contribution in [0.25, 0.3) is 5.65 Å². The number of rotatable bonds is 4. The van der Waals surface area contributed by atoms with Crippen molar-refractivity contribution in [2.75, 3.05) is 7.11 Å². The van der Waals surface area contributed by atoms with Crippen LogP contribution in [-0.4, -0.2) is 22.5 Å². The Morgan fingerprint density at radius 1 is 1.23 bits per heavy atom. The summed E-state index contributed by atoms with van der Waals surface area (Å²) in [7, 11) is 1.36. The Morgan fingerprint density at radius 3 is 2.82 bits per heavy atom. The van der Waals surface area contributed by atoms with Crippen molar-refractivity contribution in [2.45, 2.75) is 13.5 Å². The largest absolute Gasteiger partial charge is 0.487 e. The molecule has 3 rings (SSSR count). The normalized spacial score (nSPS) is 10.6. The average Bonchev–Trinajstić information content (AvgIpc) is 2.96. The van der Waals surface area contributed by atoms with Crippen LogP contribution in [0.15, 0.2) is 48.8 Å². The number of fused-ring (bicyclic) bond motifs is 1. The van der Waals surface area contributed by atoms with Gasteiger partial charge in [0.2, 0.25) is 0 Å². The summed E-state index contributed by atoms with van der Waals surface area (Å²) < 4.78 is 12.4. The van der Waals surface area contributed by atoms with Crippen molar-refractivity contribution in [1.82, 2.24) is 9.38 Å². The van der Waals surface area contributed by atoms with E-state index in [1.54, 1.807) is 16.5 Å². The van der Waals surface area contributed by atoms with Gasteiger partial charge < -0.3 is 13.9 Å². The molecule has 0 bridgehead atoms. The van der Waals surface area contributed by atoms with Gasteiger partial charge in [0.25, 0.3) is 0 Å². The van der Waals surface area contributed by atoms with Crippen LogP contribution in [0.1, 0.15) is 21.6 Å². The highest BCUT2D eigenvalue weighted by Gasteiger charge is 2.13. The van der Waals surface area contributed by atoms with Crippen LogP contribution < -0.4 is 4.74 Å². The molecule has 22 heavy (non-hydrogen) atoms. The highest BCUT2D eigenvalue weighted by atomic mass is 16.5. The molecule has 0 saturated heterocycles. The second kappa shape index (κ2) is 5.89. The number of para-hydroxylation sites is 1. The molecule has 112 valence electrons. The van der Waals surface area contributed by atoms with Crippen LogP contribution in [0.4, 0.5) is 0 Å². The number of imidazole rings is 1. The lowest BCUT2D eigenvalue weighted by Crippen LogP contribution is -2.03. The number of esters is 1. The van der Waals surface area contributed by atoms with Gasteiger partial charge in [0, 0.05) is 12.4 Å². The Balaban J connectivity index is 1.86. The Morgan fingerprint density at radius 2 is 2.05 bits per heavy atom. The predicted molar refractivity (Wildman–Crippen MR) is 82.0 cm³/mol. The lowest BCUT2D eigenvalue weighted by atomic mass is 10.2. The smallest absolute Gasteiger partial charge is 0.341 e. The number of hydrogen-bond donors (Lipinski definition) is 0. The van der Waals surface area contributed by atoms with E-state index in [-0.39, 0.29) is 0 Å². The third-order valence-corrected chi connectivity index (χ3v) is 3.41. The molecule has 0 unspecified atom stereocenters. The molecule has 2 aromatic heterocycles. The molecule has 0 atom stereocenters. The first-order valence-corrected chi connectivity index (χ1v) is 6.92. The molecular formula is C17H16N2O3. The maximum absolute atomic E-state index is 11.8. The predicted octanol–water partition coefficient (Wildman–Crippen LogP) is 3.01. The number of hydrogen-bond acceptors (Lipinski definition) is 4. The van der Waals surface area contributed by atoms with Crippen molar-refractivity contribution in [3.8, 4) is 5.75 Å². The second-order valence-electron chi connectivity index (χ2n) is 4.93. The number of carbonyl (C=O) groups is 1. The van der Waals surface area contributed by atoms with Crippen LogP contribution in [0, 0.1) is 6.92 Å². The number of methoxy groups -OCH3 is 1. The summed E-state index contributed by atoms with van der Waals surface area (Å²) in [6.45, 7) is 2.33. The standard InChI is InChI=1S/C17H16N2O3/c1-12-6-3-4-8-15(12)22-11-13-10-19-9-5-7-14(16(19)18-13)17(20)21-2/h3-10H,11H2,1-2H3. The molecule has 5 nitrogen and oxygen atoms in total. The van der Waals surface area contributed by atoms with Crippen LogP contribution >= 0.6 is 0 Å². The van der Waals surface area contributed by atoms with Crippen molar-refractivity contribution in [3.63, 3.8) is 0 Å². The third kappa shape index (κ3) is 2.65. The van der Waals surface area contributed by atoms with Crippen molar-refractivity contribution < 1.29 is 14.3 Å². The molecule has 0 radical (unpaired) electrons. The van der Waals surface area contributed by atoms with E-state index in [9.17, 15) is 4.79 Å². The molecule has 1 aromatic carbocycles. The van der Waals surface area contributed by atoms with Gasteiger partial charge in [-0.25, -0.2) is 9.78 Å². The van der Waals surface area contributed by atoms with E-state index in [2.05, 4.69) is 4.98 Å². The van der Waals surface area contributed by atoms with Gasteiger partial charge in [0.1, 0.15) is 17.9 Å². The topological polar surface area (TPSA) is 52.8 Å².